The van der Waals surface area contributed by atoms with Crippen LogP contribution >= 0.6 is 0 Å². The zero-order chi connectivity index (χ0) is 14.6. The fourth-order valence-electron chi connectivity index (χ4n) is 1.95. The topological polar surface area (TPSA) is 88.3 Å². The number of aliphatic hydroxyl groups is 1. The molecule has 1 heterocycles. The number of aromatic nitrogens is 1. The molecule has 0 saturated heterocycles. The Kier molecular flexibility index (Phi) is 3.95. The monoisotopic (exact) mass is 273 g/mol. The van der Waals surface area contributed by atoms with Gasteiger partial charge in [-0.2, -0.15) is 0 Å². The van der Waals surface area contributed by atoms with Crippen LogP contribution in [0.4, 0.5) is 11.5 Å². The molecule has 1 unspecified atom stereocenters. The van der Waals surface area contributed by atoms with Crippen molar-refractivity contribution in [1.82, 2.24) is 4.98 Å². The summed E-state index contributed by atoms with van der Waals surface area (Å²) in [4.78, 5) is 14.2. The summed E-state index contributed by atoms with van der Waals surface area (Å²) in [5.74, 6) is -0.261. The third-order valence-corrected chi connectivity index (χ3v) is 3.10. The normalized spacial score (nSPS) is 13.5. The molecule has 0 aliphatic carbocycles. The Balaban J connectivity index is 2.39. The van der Waals surface area contributed by atoms with E-state index in [9.17, 15) is 15.2 Å². The molecule has 2 rings (SSSR count). The Morgan fingerprint density at radius 2 is 2.00 bits per heavy atom. The van der Waals surface area contributed by atoms with Crippen LogP contribution in [0, 0.1) is 10.1 Å². The van der Waals surface area contributed by atoms with E-state index in [1.807, 2.05) is 30.3 Å². The molecule has 0 bridgehead atoms. The third kappa shape index (κ3) is 2.75. The number of nitrogens with zero attached hydrogens (tertiary/aromatic N) is 2. The minimum absolute atomic E-state index is 0.205. The summed E-state index contributed by atoms with van der Waals surface area (Å²) in [5.41, 5.74) is 0.285. The maximum absolute atomic E-state index is 11.0. The van der Waals surface area contributed by atoms with E-state index in [1.165, 1.54) is 6.20 Å². The van der Waals surface area contributed by atoms with Crippen molar-refractivity contribution in [3.05, 3.63) is 64.3 Å². The lowest BCUT2D eigenvalue weighted by Gasteiger charge is -2.30. The van der Waals surface area contributed by atoms with Gasteiger partial charge in [0.25, 0.3) is 0 Å². The van der Waals surface area contributed by atoms with Crippen molar-refractivity contribution >= 4 is 11.5 Å². The van der Waals surface area contributed by atoms with Crippen molar-refractivity contribution in [1.29, 1.82) is 0 Å². The fourth-order valence-corrected chi connectivity index (χ4v) is 1.95. The minimum Gasteiger partial charge on any atom is -0.394 e. The van der Waals surface area contributed by atoms with E-state index < -0.39 is 10.5 Å². The largest absolute Gasteiger partial charge is 0.394 e. The predicted molar refractivity (Wildman–Crippen MR) is 75.4 cm³/mol. The van der Waals surface area contributed by atoms with E-state index in [1.54, 1.807) is 19.1 Å². The van der Waals surface area contributed by atoms with Crippen molar-refractivity contribution in [2.45, 2.75) is 12.5 Å². The molecule has 20 heavy (non-hydrogen) atoms. The Bertz CT molecular complexity index is 604. The lowest BCUT2D eigenvalue weighted by molar-refractivity contribution is -0.388. The van der Waals surface area contributed by atoms with Crippen LogP contribution in [0.25, 0.3) is 0 Å². The Labute approximate surface area is 116 Å². The highest BCUT2D eigenvalue weighted by molar-refractivity contribution is 5.59. The van der Waals surface area contributed by atoms with Crippen LogP contribution in [0.2, 0.25) is 0 Å². The molecule has 0 amide bonds. The third-order valence-electron chi connectivity index (χ3n) is 3.10. The number of anilines is 1. The first-order chi connectivity index (χ1) is 9.57. The summed E-state index contributed by atoms with van der Waals surface area (Å²) < 4.78 is 0. The molecule has 0 spiro atoms. The van der Waals surface area contributed by atoms with Crippen molar-refractivity contribution in [3.8, 4) is 0 Å². The van der Waals surface area contributed by atoms with E-state index in [-0.39, 0.29) is 18.1 Å². The quantitative estimate of drug-likeness (QED) is 0.644. The molecule has 2 aromatic rings. The number of rotatable bonds is 5. The number of pyridine rings is 1. The standard InChI is InChI=1S/C14H15N3O3/c1-14(10-18,11-6-3-2-4-7-11)16-12-8-5-9-15-13(12)17(19)20/h2-9,16,18H,10H2,1H3. The van der Waals surface area contributed by atoms with Crippen LogP contribution < -0.4 is 5.32 Å². The van der Waals surface area contributed by atoms with Gasteiger partial charge in [-0.05, 0) is 34.5 Å². The first-order valence-electron chi connectivity index (χ1n) is 6.11. The van der Waals surface area contributed by atoms with Crippen LogP contribution in [0.3, 0.4) is 0 Å². The molecule has 0 aliphatic rings. The van der Waals surface area contributed by atoms with Crippen LogP contribution in [0.5, 0.6) is 0 Å². The summed E-state index contributed by atoms with van der Waals surface area (Å²) >= 11 is 0. The van der Waals surface area contributed by atoms with E-state index in [0.717, 1.165) is 5.56 Å². The molecule has 0 aliphatic heterocycles. The molecule has 1 aromatic heterocycles. The van der Waals surface area contributed by atoms with E-state index >= 15 is 0 Å². The maximum Gasteiger partial charge on any atom is 0.386 e. The average Bonchev–Trinajstić information content (AvgIpc) is 2.48. The Hall–Kier alpha value is -2.47. The number of nitro groups is 1. The molecule has 1 atom stereocenters. The van der Waals surface area contributed by atoms with Gasteiger partial charge in [-0.1, -0.05) is 30.3 Å². The summed E-state index contributed by atoms with van der Waals surface area (Å²) in [6.45, 7) is 1.57. The maximum atomic E-state index is 11.0. The van der Waals surface area contributed by atoms with E-state index in [2.05, 4.69) is 10.3 Å². The van der Waals surface area contributed by atoms with Gasteiger partial charge in [-0.25, -0.2) is 0 Å². The molecule has 104 valence electrons. The van der Waals surface area contributed by atoms with Gasteiger partial charge in [0.1, 0.15) is 11.9 Å². The van der Waals surface area contributed by atoms with Gasteiger partial charge in [0.2, 0.25) is 0 Å². The zero-order valence-electron chi connectivity index (χ0n) is 11.0. The number of aliphatic hydroxyl groups excluding tert-OH is 1. The summed E-state index contributed by atoms with van der Waals surface area (Å²) in [5, 5.41) is 23.7. The summed E-state index contributed by atoms with van der Waals surface area (Å²) in [6.07, 6.45) is 1.36. The molecular weight excluding hydrogens is 258 g/mol. The highest BCUT2D eigenvalue weighted by atomic mass is 16.6. The van der Waals surface area contributed by atoms with Gasteiger partial charge in [0, 0.05) is 0 Å². The first kappa shape index (κ1) is 14.0. The summed E-state index contributed by atoms with van der Waals surface area (Å²) in [7, 11) is 0. The molecule has 2 N–H and O–H groups in total. The van der Waals surface area contributed by atoms with Crippen LogP contribution in [-0.4, -0.2) is 21.6 Å². The van der Waals surface area contributed by atoms with Gasteiger partial charge in [0.05, 0.1) is 12.1 Å². The minimum atomic E-state index is -0.824. The van der Waals surface area contributed by atoms with Crippen LogP contribution in [0.15, 0.2) is 48.7 Å². The van der Waals surface area contributed by atoms with Gasteiger partial charge in [-0.3, -0.25) is 0 Å². The van der Waals surface area contributed by atoms with Crippen LogP contribution in [-0.2, 0) is 5.54 Å². The number of hydrogen-bond acceptors (Lipinski definition) is 5. The second-order valence-corrected chi connectivity index (χ2v) is 4.61. The molecule has 6 nitrogen and oxygen atoms in total. The Morgan fingerprint density at radius 3 is 2.60 bits per heavy atom. The Morgan fingerprint density at radius 1 is 1.30 bits per heavy atom. The highest BCUT2D eigenvalue weighted by Gasteiger charge is 2.28. The number of benzene rings is 1. The lowest BCUT2D eigenvalue weighted by atomic mass is 9.92. The van der Waals surface area contributed by atoms with Gasteiger partial charge >= 0.3 is 5.82 Å². The van der Waals surface area contributed by atoms with Gasteiger partial charge < -0.3 is 20.5 Å². The molecule has 6 heteroatoms. The van der Waals surface area contributed by atoms with Crippen LogP contribution in [0.1, 0.15) is 12.5 Å². The second kappa shape index (κ2) is 5.66. The zero-order valence-corrected chi connectivity index (χ0v) is 11.0. The van der Waals surface area contributed by atoms with Gasteiger partial charge in [-0.15, -0.1) is 0 Å². The number of nitrogens with one attached hydrogen (secondary N) is 1. The second-order valence-electron chi connectivity index (χ2n) is 4.61. The van der Waals surface area contributed by atoms with Gasteiger partial charge in [0.15, 0.2) is 0 Å². The van der Waals surface area contributed by atoms with Crippen molar-refractivity contribution in [3.63, 3.8) is 0 Å². The van der Waals surface area contributed by atoms with E-state index in [0.29, 0.717) is 0 Å². The average molecular weight is 273 g/mol. The highest BCUT2D eigenvalue weighted by Crippen LogP contribution is 2.29. The van der Waals surface area contributed by atoms with Crippen molar-refractivity contribution < 1.29 is 10.0 Å². The summed E-state index contributed by atoms with van der Waals surface area (Å²) in [6, 6.07) is 12.5. The number of hydrogen-bond donors (Lipinski definition) is 2. The SMILES string of the molecule is CC(CO)(Nc1cccnc1[N+](=O)[O-])c1ccccc1. The lowest BCUT2D eigenvalue weighted by Crippen LogP contribution is -2.36. The first-order valence-corrected chi connectivity index (χ1v) is 6.11. The van der Waals surface area contributed by atoms with E-state index in [4.69, 9.17) is 0 Å². The molecule has 0 saturated carbocycles. The molecular formula is C14H15N3O3. The molecule has 0 radical (unpaired) electrons. The molecule has 0 fully saturated rings. The molecule has 1 aromatic carbocycles. The fraction of sp³-hybridized carbons (Fsp3) is 0.214. The predicted octanol–water partition coefficient (Wildman–Crippen LogP) is 2.31. The van der Waals surface area contributed by atoms with Crippen molar-refractivity contribution in [2.24, 2.45) is 0 Å². The van der Waals surface area contributed by atoms with Crippen molar-refractivity contribution in [2.75, 3.05) is 11.9 Å². The smallest absolute Gasteiger partial charge is 0.386 e.